The number of halogens is 1. The molecule has 3 aromatic carbocycles. The molecule has 1 N–H and O–H groups in total. The number of aryl methyl sites for hydroxylation is 1. The Hall–Kier alpha value is -4.77. The molecule has 1 aliphatic heterocycles. The van der Waals surface area contributed by atoms with E-state index in [1.807, 2.05) is 47.4 Å². The Morgan fingerprint density at radius 3 is 2.49 bits per heavy atom. The molecule has 1 fully saturated rings. The van der Waals surface area contributed by atoms with Gasteiger partial charge in [0.15, 0.2) is 0 Å². The van der Waals surface area contributed by atoms with Crippen molar-refractivity contribution in [3.63, 3.8) is 0 Å². The maximum atomic E-state index is 14.7. The smallest absolute Gasteiger partial charge is 0.407 e. The molecule has 51 heavy (non-hydrogen) atoms. The minimum atomic E-state index is -0.701. The lowest BCUT2D eigenvalue weighted by Gasteiger charge is -2.34. The summed E-state index contributed by atoms with van der Waals surface area (Å²) in [7, 11) is 1.70. The van der Waals surface area contributed by atoms with Gasteiger partial charge in [0, 0.05) is 51.7 Å². The largest absolute Gasteiger partial charge is 0.462 e. The zero-order chi connectivity index (χ0) is 36.5. The number of carbonyl (C=O) groups excluding carboxylic acids is 3. The number of ether oxygens (including phenoxy) is 3. The molecule has 0 radical (unpaired) electrons. The van der Waals surface area contributed by atoms with E-state index in [0.717, 1.165) is 53.8 Å². The summed E-state index contributed by atoms with van der Waals surface area (Å²) in [6.07, 6.45) is 2.53. The predicted octanol–water partition coefficient (Wildman–Crippen LogP) is 7.29. The number of rotatable bonds is 13. The van der Waals surface area contributed by atoms with Crippen LogP contribution in [0.2, 0.25) is 0 Å². The number of fused-ring (bicyclic) bond motifs is 1. The zero-order valence-corrected chi connectivity index (χ0v) is 30.2. The number of amides is 2. The molecule has 11 heteroatoms. The zero-order valence-electron chi connectivity index (χ0n) is 30.2. The molecule has 0 bridgehead atoms. The fourth-order valence-electron chi connectivity index (χ4n) is 6.60. The van der Waals surface area contributed by atoms with Crippen molar-refractivity contribution in [3.8, 4) is 11.1 Å². The Labute approximate surface area is 299 Å². The van der Waals surface area contributed by atoms with E-state index in [-0.39, 0.29) is 30.4 Å². The summed E-state index contributed by atoms with van der Waals surface area (Å²) in [6.45, 7) is 9.84. The first-order valence-corrected chi connectivity index (χ1v) is 17.7. The molecule has 272 valence electrons. The number of alkyl carbamates (subject to hydrolysis) is 1. The average molecular weight is 701 g/mol. The van der Waals surface area contributed by atoms with Crippen LogP contribution in [0, 0.1) is 5.82 Å². The topological polar surface area (TPSA) is 112 Å². The van der Waals surface area contributed by atoms with Gasteiger partial charge in [0.25, 0.3) is 0 Å². The van der Waals surface area contributed by atoms with Gasteiger partial charge >= 0.3 is 12.1 Å². The van der Waals surface area contributed by atoms with Crippen LogP contribution in [-0.4, -0.2) is 77.5 Å². The second-order valence-electron chi connectivity index (χ2n) is 14.0. The lowest BCUT2D eigenvalue weighted by molar-refractivity contribution is -0.133. The SMILES string of the molecule is CCOC(=O)c1ccc(-c2ccc(CC(CC(=O)N3CCCC(c4nc5ccccc5n4CCCOC)C3)NC(=O)OC(C)(C)C)cc2)cc1F. The molecule has 10 nitrogen and oxygen atoms in total. The average Bonchev–Trinajstić information content (AvgIpc) is 3.46. The number of aromatic nitrogens is 2. The Balaban J connectivity index is 1.30. The fourth-order valence-corrected chi connectivity index (χ4v) is 6.60. The summed E-state index contributed by atoms with van der Waals surface area (Å²) < 4.78 is 32.8. The molecule has 2 unspecified atom stereocenters. The summed E-state index contributed by atoms with van der Waals surface area (Å²) in [6, 6.07) is 19.5. The quantitative estimate of drug-likeness (QED) is 0.115. The highest BCUT2D eigenvalue weighted by Gasteiger charge is 2.31. The Kier molecular flexibility index (Phi) is 12.5. The third-order valence-corrected chi connectivity index (χ3v) is 8.93. The van der Waals surface area contributed by atoms with Gasteiger partial charge in [-0.15, -0.1) is 0 Å². The van der Waals surface area contributed by atoms with Gasteiger partial charge in [-0.2, -0.15) is 0 Å². The van der Waals surface area contributed by atoms with Crippen molar-refractivity contribution < 1.29 is 33.0 Å². The van der Waals surface area contributed by atoms with E-state index < -0.39 is 29.5 Å². The molecule has 0 saturated carbocycles. The number of hydrogen-bond donors (Lipinski definition) is 1. The van der Waals surface area contributed by atoms with E-state index in [1.54, 1.807) is 40.9 Å². The van der Waals surface area contributed by atoms with E-state index >= 15 is 0 Å². The van der Waals surface area contributed by atoms with Gasteiger partial charge in [-0.1, -0.05) is 42.5 Å². The molecule has 2 heterocycles. The number of carbonyl (C=O) groups is 3. The predicted molar refractivity (Wildman–Crippen MR) is 194 cm³/mol. The molecule has 5 rings (SSSR count). The van der Waals surface area contributed by atoms with E-state index in [9.17, 15) is 18.8 Å². The van der Waals surface area contributed by atoms with Gasteiger partial charge in [-0.3, -0.25) is 4.79 Å². The standard InChI is InChI=1S/C40H49FN4O6/c1-6-50-38(47)32-19-18-29(24-33(32)41)28-16-14-27(15-17-28)23-31(42-39(48)51-40(2,3)4)25-36(46)44-20-9-11-30(26-44)37-43-34-12-7-8-13-35(34)45(37)21-10-22-49-5/h7-8,12-19,24,30-31H,6,9-11,20-23,25-26H2,1-5H3,(H,42,48). The van der Waals surface area contributed by atoms with E-state index in [1.165, 1.54) is 12.1 Å². The number of para-hydroxylation sites is 2. The second-order valence-corrected chi connectivity index (χ2v) is 14.0. The fraction of sp³-hybridized carbons (Fsp3) is 0.450. The maximum Gasteiger partial charge on any atom is 0.407 e. The molecular formula is C40H49FN4O6. The molecule has 1 aromatic heterocycles. The third kappa shape index (κ3) is 9.94. The van der Waals surface area contributed by atoms with E-state index in [0.29, 0.717) is 31.7 Å². The normalized spacial score (nSPS) is 15.4. The summed E-state index contributed by atoms with van der Waals surface area (Å²) in [5.74, 6) is -0.328. The van der Waals surface area contributed by atoms with Crippen LogP contribution < -0.4 is 5.32 Å². The van der Waals surface area contributed by atoms with Gasteiger partial charge < -0.3 is 29.0 Å². The summed E-state index contributed by atoms with van der Waals surface area (Å²) in [5, 5.41) is 2.94. The maximum absolute atomic E-state index is 14.7. The van der Waals surface area contributed by atoms with E-state index in [2.05, 4.69) is 16.0 Å². The Morgan fingerprint density at radius 2 is 1.78 bits per heavy atom. The van der Waals surface area contributed by atoms with Crippen molar-refractivity contribution in [1.82, 2.24) is 19.8 Å². The number of piperidine rings is 1. The first kappa shape index (κ1) is 37.5. The number of hydrogen-bond acceptors (Lipinski definition) is 7. The van der Waals surface area contributed by atoms with Gasteiger partial charge in [0.05, 0.1) is 23.2 Å². The molecular weight excluding hydrogens is 651 g/mol. The highest BCUT2D eigenvalue weighted by Crippen LogP contribution is 2.30. The van der Waals surface area contributed by atoms with Crippen LogP contribution in [0.15, 0.2) is 66.7 Å². The lowest BCUT2D eigenvalue weighted by Crippen LogP contribution is -2.46. The van der Waals surface area contributed by atoms with Crippen molar-refractivity contribution in [3.05, 3.63) is 89.5 Å². The van der Waals surface area contributed by atoms with Crippen molar-refractivity contribution in [2.45, 2.75) is 83.9 Å². The Morgan fingerprint density at radius 1 is 1.04 bits per heavy atom. The molecule has 2 amide bonds. The molecule has 2 atom stereocenters. The summed E-state index contributed by atoms with van der Waals surface area (Å²) in [4.78, 5) is 45.8. The first-order chi connectivity index (χ1) is 24.5. The summed E-state index contributed by atoms with van der Waals surface area (Å²) >= 11 is 0. The van der Waals surface area contributed by atoms with Crippen LogP contribution in [0.4, 0.5) is 9.18 Å². The minimum Gasteiger partial charge on any atom is -0.462 e. The number of benzene rings is 3. The van der Waals surface area contributed by atoms with Crippen LogP contribution in [0.5, 0.6) is 0 Å². The number of nitrogens with zero attached hydrogens (tertiary/aromatic N) is 3. The third-order valence-electron chi connectivity index (χ3n) is 8.93. The molecule has 1 saturated heterocycles. The molecule has 4 aromatic rings. The van der Waals surface area contributed by atoms with Gasteiger partial charge in [-0.25, -0.2) is 19.0 Å². The lowest BCUT2D eigenvalue weighted by atomic mass is 9.95. The number of esters is 1. The number of likely N-dealkylation sites (tertiary alicyclic amines) is 1. The number of nitrogens with one attached hydrogen (secondary N) is 1. The van der Waals surface area contributed by atoms with Gasteiger partial charge in [0.2, 0.25) is 5.91 Å². The highest BCUT2D eigenvalue weighted by molar-refractivity contribution is 5.90. The molecule has 0 spiro atoms. The minimum absolute atomic E-state index is 0.0448. The van der Waals surface area contributed by atoms with E-state index in [4.69, 9.17) is 19.2 Å². The van der Waals surface area contributed by atoms with Crippen LogP contribution in [0.1, 0.15) is 81.0 Å². The molecule has 0 aliphatic carbocycles. The van der Waals surface area contributed by atoms with Crippen LogP contribution in [0.25, 0.3) is 22.2 Å². The van der Waals surface area contributed by atoms with Crippen LogP contribution >= 0.6 is 0 Å². The van der Waals surface area contributed by atoms with Crippen LogP contribution in [0.3, 0.4) is 0 Å². The number of imidazole rings is 1. The first-order valence-electron chi connectivity index (χ1n) is 17.7. The number of methoxy groups -OCH3 is 1. The van der Waals surface area contributed by atoms with Crippen molar-refractivity contribution in [2.24, 2.45) is 0 Å². The van der Waals surface area contributed by atoms with Crippen molar-refractivity contribution in [2.75, 3.05) is 33.4 Å². The Bertz CT molecular complexity index is 1820. The highest BCUT2D eigenvalue weighted by atomic mass is 19.1. The van der Waals surface area contributed by atoms with Crippen molar-refractivity contribution in [1.29, 1.82) is 0 Å². The van der Waals surface area contributed by atoms with Gasteiger partial charge in [-0.05, 0) is 94.3 Å². The summed E-state index contributed by atoms with van der Waals surface area (Å²) in [5.41, 5.74) is 3.47. The van der Waals surface area contributed by atoms with Crippen LogP contribution in [-0.2, 0) is 32.0 Å². The molecule has 1 aliphatic rings. The second kappa shape index (κ2) is 17.0. The monoisotopic (exact) mass is 700 g/mol. The van der Waals surface area contributed by atoms with Crippen molar-refractivity contribution >= 4 is 29.0 Å². The van der Waals surface area contributed by atoms with Gasteiger partial charge in [0.1, 0.15) is 17.2 Å².